The number of hydrogen-bond donors (Lipinski definition) is 1. The number of amides is 1. The summed E-state index contributed by atoms with van der Waals surface area (Å²) < 4.78 is 17.8. The van der Waals surface area contributed by atoms with E-state index in [2.05, 4.69) is 20.7 Å². The predicted molar refractivity (Wildman–Crippen MR) is 139 cm³/mol. The third-order valence-electron chi connectivity index (χ3n) is 5.15. The van der Waals surface area contributed by atoms with Crippen LogP contribution in [0.5, 0.6) is 17.2 Å². The Labute approximate surface area is 213 Å². The highest BCUT2D eigenvalue weighted by Gasteiger charge is 2.17. The Morgan fingerprint density at radius 1 is 0.944 bits per heavy atom. The Morgan fingerprint density at radius 2 is 1.72 bits per heavy atom. The summed E-state index contributed by atoms with van der Waals surface area (Å²) >= 11 is 1.27. The van der Waals surface area contributed by atoms with E-state index in [1.165, 1.54) is 18.0 Å². The second-order valence-corrected chi connectivity index (χ2v) is 8.31. The first-order valence-electron chi connectivity index (χ1n) is 11.0. The molecule has 0 aliphatic rings. The number of aromatic nitrogens is 3. The zero-order valence-electron chi connectivity index (χ0n) is 20.0. The lowest BCUT2D eigenvalue weighted by molar-refractivity contribution is -0.118. The van der Waals surface area contributed by atoms with Crippen molar-refractivity contribution in [1.29, 1.82) is 0 Å². The first kappa shape index (κ1) is 24.8. The molecule has 0 saturated carbocycles. The third kappa shape index (κ3) is 5.66. The lowest BCUT2D eigenvalue weighted by atomic mass is 10.2. The van der Waals surface area contributed by atoms with Gasteiger partial charge in [-0.05, 0) is 48.5 Å². The number of methoxy groups -OCH3 is 3. The molecular formula is C26H25N5O4S. The zero-order valence-corrected chi connectivity index (χ0v) is 20.9. The molecule has 9 nitrogen and oxygen atoms in total. The molecule has 184 valence electrons. The molecule has 0 unspecified atom stereocenters. The molecule has 1 N–H and O–H groups in total. The van der Waals surface area contributed by atoms with Gasteiger partial charge in [-0.3, -0.25) is 9.36 Å². The second-order valence-electron chi connectivity index (χ2n) is 7.37. The van der Waals surface area contributed by atoms with Gasteiger partial charge in [0.05, 0.1) is 33.3 Å². The standard InChI is InChI=1S/C26H25N5O4S/c1-33-21-14-12-18(13-15-21)25-29-30-26(31(25)20-9-5-4-6-10-20)36-17-23(32)28-27-16-19-8-7-11-22(34-2)24(19)35-3/h4-16H,17H2,1-3H3,(H,28,32). The molecule has 3 aromatic carbocycles. The Kier molecular flexibility index (Phi) is 8.20. The third-order valence-corrected chi connectivity index (χ3v) is 6.08. The summed E-state index contributed by atoms with van der Waals surface area (Å²) in [5.74, 6) is 2.34. The highest BCUT2D eigenvalue weighted by Crippen LogP contribution is 2.30. The van der Waals surface area contributed by atoms with Gasteiger partial charge in [0, 0.05) is 16.8 Å². The molecular weight excluding hydrogens is 478 g/mol. The van der Waals surface area contributed by atoms with Crippen LogP contribution in [0, 0.1) is 0 Å². The van der Waals surface area contributed by atoms with Crippen LogP contribution >= 0.6 is 11.8 Å². The Morgan fingerprint density at radius 3 is 2.42 bits per heavy atom. The number of rotatable bonds is 10. The summed E-state index contributed by atoms with van der Waals surface area (Å²) in [6, 6.07) is 22.8. The minimum atomic E-state index is -0.285. The maximum absolute atomic E-state index is 12.5. The molecule has 4 aromatic rings. The monoisotopic (exact) mass is 503 g/mol. The van der Waals surface area contributed by atoms with Crippen molar-refractivity contribution in [1.82, 2.24) is 20.2 Å². The average Bonchev–Trinajstić information content (AvgIpc) is 3.36. The lowest BCUT2D eigenvalue weighted by Gasteiger charge is -2.10. The summed E-state index contributed by atoms with van der Waals surface area (Å²) in [5.41, 5.74) is 4.98. The summed E-state index contributed by atoms with van der Waals surface area (Å²) in [6.07, 6.45) is 1.51. The number of benzene rings is 3. The van der Waals surface area contributed by atoms with Gasteiger partial charge in [-0.1, -0.05) is 36.0 Å². The van der Waals surface area contributed by atoms with E-state index in [1.54, 1.807) is 27.4 Å². The SMILES string of the molecule is COc1ccc(-c2nnc(SCC(=O)NN=Cc3cccc(OC)c3OC)n2-c2ccccc2)cc1. The number of thioether (sulfide) groups is 1. The van der Waals surface area contributed by atoms with Crippen LogP contribution < -0.4 is 19.6 Å². The lowest BCUT2D eigenvalue weighted by Crippen LogP contribution is -2.20. The number of carbonyl (C=O) groups is 1. The highest BCUT2D eigenvalue weighted by atomic mass is 32.2. The van der Waals surface area contributed by atoms with Gasteiger partial charge in [0.15, 0.2) is 22.5 Å². The molecule has 4 rings (SSSR count). The fourth-order valence-electron chi connectivity index (χ4n) is 3.45. The van der Waals surface area contributed by atoms with Crippen LogP contribution in [0.2, 0.25) is 0 Å². The highest BCUT2D eigenvalue weighted by molar-refractivity contribution is 7.99. The molecule has 0 saturated heterocycles. The van der Waals surface area contributed by atoms with Crippen molar-refractivity contribution in [2.45, 2.75) is 5.16 Å². The normalized spacial score (nSPS) is 10.9. The molecule has 0 bridgehead atoms. The number of para-hydroxylation sites is 2. The van der Waals surface area contributed by atoms with Gasteiger partial charge in [-0.15, -0.1) is 10.2 Å². The second kappa shape index (κ2) is 11.9. The van der Waals surface area contributed by atoms with Crippen molar-refractivity contribution >= 4 is 23.9 Å². The maximum atomic E-state index is 12.5. The van der Waals surface area contributed by atoms with E-state index in [9.17, 15) is 4.79 Å². The van der Waals surface area contributed by atoms with Crippen molar-refractivity contribution in [3.63, 3.8) is 0 Å². The molecule has 0 radical (unpaired) electrons. The summed E-state index contributed by atoms with van der Waals surface area (Å²) in [4.78, 5) is 12.5. The van der Waals surface area contributed by atoms with Gasteiger partial charge in [0.25, 0.3) is 5.91 Å². The van der Waals surface area contributed by atoms with Crippen LogP contribution in [-0.4, -0.2) is 54.0 Å². The van der Waals surface area contributed by atoms with E-state index in [0.29, 0.717) is 28.0 Å². The predicted octanol–water partition coefficient (Wildman–Crippen LogP) is 4.20. The number of carbonyl (C=O) groups excluding carboxylic acids is 1. The molecule has 0 spiro atoms. The number of hydrazone groups is 1. The molecule has 1 heterocycles. The first-order valence-corrected chi connectivity index (χ1v) is 11.9. The van der Waals surface area contributed by atoms with E-state index >= 15 is 0 Å². The molecule has 1 amide bonds. The molecule has 0 fully saturated rings. The summed E-state index contributed by atoms with van der Waals surface area (Å²) in [6.45, 7) is 0. The smallest absolute Gasteiger partial charge is 0.250 e. The van der Waals surface area contributed by atoms with E-state index < -0.39 is 0 Å². The maximum Gasteiger partial charge on any atom is 0.250 e. The fraction of sp³-hybridized carbons (Fsp3) is 0.154. The van der Waals surface area contributed by atoms with Crippen LogP contribution in [0.15, 0.2) is 83.1 Å². The fourth-order valence-corrected chi connectivity index (χ4v) is 4.19. The van der Waals surface area contributed by atoms with Crippen LogP contribution in [0.25, 0.3) is 17.1 Å². The Bertz CT molecular complexity index is 1340. The topological polar surface area (TPSA) is 99.9 Å². The van der Waals surface area contributed by atoms with E-state index in [0.717, 1.165) is 17.0 Å². The minimum absolute atomic E-state index is 0.0974. The molecule has 0 aliphatic carbocycles. The van der Waals surface area contributed by atoms with Gasteiger partial charge < -0.3 is 14.2 Å². The van der Waals surface area contributed by atoms with Gasteiger partial charge in [0.1, 0.15) is 5.75 Å². The summed E-state index contributed by atoms with van der Waals surface area (Å²) in [7, 11) is 4.73. The van der Waals surface area contributed by atoms with Crippen molar-refractivity contribution in [3.05, 3.63) is 78.4 Å². The van der Waals surface area contributed by atoms with Crippen molar-refractivity contribution in [2.24, 2.45) is 5.10 Å². The largest absolute Gasteiger partial charge is 0.497 e. The molecule has 1 aromatic heterocycles. The molecule has 10 heteroatoms. The Balaban J connectivity index is 1.49. The molecule has 36 heavy (non-hydrogen) atoms. The zero-order chi connectivity index (χ0) is 25.3. The van der Waals surface area contributed by atoms with Crippen LogP contribution in [0.4, 0.5) is 0 Å². The van der Waals surface area contributed by atoms with E-state index in [4.69, 9.17) is 14.2 Å². The van der Waals surface area contributed by atoms with E-state index in [-0.39, 0.29) is 11.7 Å². The summed E-state index contributed by atoms with van der Waals surface area (Å²) in [5, 5.41) is 13.4. The number of nitrogens with zero attached hydrogens (tertiary/aromatic N) is 4. The van der Waals surface area contributed by atoms with Crippen molar-refractivity contribution in [3.8, 4) is 34.3 Å². The van der Waals surface area contributed by atoms with Gasteiger partial charge in [-0.2, -0.15) is 5.10 Å². The Hall–Kier alpha value is -4.31. The number of nitrogens with one attached hydrogen (secondary N) is 1. The van der Waals surface area contributed by atoms with E-state index in [1.807, 2.05) is 71.3 Å². The van der Waals surface area contributed by atoms with Crippen LogP contribution in [-0.2, 0) is 4.79 Å². The van der Waals surface area contributed by atoms with Crippen LogP contribution in [0.3, 0.4) is 0 Å². The van der Waals surface area contributed by atoms with Gasteiger partial charge in [-0.25, -0.2) is 5.43 Å². The molecule has 0 aliphatic heterocycles. The van der Waals surface area contributed by atoms with Gasteiger partial charge >= 0.3 is 0 Å². The van der Waals surface area contributed by atoms with Crippen molar-refractivity contribution in [2.75, 3.05) is 27.1 Å². The average molecular weight is 504 g/mol. The van der Waals surface area contributed by atoms with Crippen LogP contribution in [0.1, 0.15) is 5.56 Å². The quantitative estimate of drug-likeness (QED) is 0.197. The molecule has 0 atom stereocenters. The van der Waals surface area contributed by atoms with Gasteiger partial charge in [0.2, 0.25) is 0 Å². The minimum Gasteiger partial charge on any atom is -0.497 e. The number of hydrogen-bond acceptors (Lipinski definition) is 8. The first-order chi connectivity index (χ1) is 17.6. The number of ether oxygens (including phenoxy) is 3. The van der Waals surface area contributed by atoms with Crippen molar-refractivity contribution < 1.29 is 19.0 Å².